The molecule has 2 heterocycles. The molecule has 0 bridgehead atoms. The van der Waals surface area contributed by atoms with E-state index in [0.717, 1.165) is 6.07 Å². The molecule has 0 aliphatic carbocycles. The first-order chi connectivity index (χ1) is 15.8. The smallest absolute Gasteiger partial charge is 0.478 e. The van der Waals surface area contributed by atoms with Gasteiger partial charge in [0.25, 0.3) is 0 Å². The number of hydrogen-bond donors (Lipinski definition) is 2. The van der Waals surface area contributed by atoms with Gasteiger partial charge in [0, 0.05) is 17.1 Å². The van der Waals surface area contributed by atoms with Crippen molar-refractivity contribution in [3.63, 3.8) is 0 Å². The number of carbonyl (C=O) groups is 3. The summed E-state index contributed by atoms with van der Waals surface area (Å²) in [5.41, 5.74) is -0.0997. The van der Waals surface area contributed by atoms with Crippen molar-refractivity contribution in [3.8, 4) is 11.3 Å². The molecule has 0 amide bonds. The third-order valence-corrected chi connectivity index (χ3v) is 4.52. The van der Waals surface area contributed by atoms with Crippen molar-refractivity contribution < 1.29 is 51.6 Å². The van der Waals surface area contributed by atoms with Crippen LogP contribution < -0.4 is 4.90 Å². The Morgan fingerprint density at radius 1 is 1.21 bits per heavy atom. The van der Waals surface area contributed by atoms with Crippen molar-refractivity contribution in [2.45, 2.75) is 12.3 Å². The van der Waals surface area contributed by atoms with Crippen LogP contribution in [-0.4, -0.2) is 77.4 Å². The Labute approximate surface area is 193 Å². The highest BCUT2D eigenvalue weighted by Crippen LogP contribution is 2.28. The summed E-state index contributed by atoms with van der Waals surface area (Å²) in [5, 5.41) is 24.9. The highest BCUT2D eigenvalue weighted by atomic mass is 35.5. The molecule has 1 atom stereocenters. The Morgan fingerprint density at radius 2 is 1.85 bits per heavy atom. The van der Waals surface area contributed by atoms with Gasteiger partial charge in [0.15, 0.2) is 11.9 Å². The topological polar surface area (TPSA) is 139 Å². The number of carboxylic acids is 2. The number of esters is 1. The Morgan fingerprint density at radius 3 is 2.41 bits per heavy atom. The molecule has 10 nitrogen and oxygen atoms in total. The number of carbonyl (C=O) groups excluding carboxylic acids is 1. The Bertz CT molecular complexity index is 1080. The molecule has 1 aliphatic rings. The molecule has 0 saturated carbocycles. The number of methoxy groups -OCH3 is 1. The Balaban J connectivity index is 0.000000509. The molecule has 0 radical (unpaired) electrons. The van der Waals surface area contributed by atoms with Gasteiger partial charge in [0.05, 0.1) is 26.0 Å². The number of aromatic nitrogens is 2. The van der Waals surface area contributed by atoms with Crippen LogP contribution in [-0.2, 0) is 19.1 Å². The van der Waals surface area contributed by atoms with Crippen LogP contribution in [0.15, 0.2) is 24.3 Å². The minimum atomic E-state index is -5.08. The van der Waals surface area contributed by atoms with Gasteiger partial charge in [-0.05, 0) is 24.3 Å². The fourth-order valence-electron chi connectivity index (χ4n) is 2.72. The highest BCUT2D eigenvalue weighted by Gasteiger charge is 2.38. The molecule has 34 heavy (non-hydrogen) atoms. The zero-order valence-electron chi connectivity index (χ0n) is 17.2. The van der Waals surface area contributed by atoms with Gasteiger partial charge in [0.1, 0.15) is 11.4 Å². The van der Waals surface area contributed by atoms with E-state index in [1.807, 2.05) is 0 Å². The largest absolute Gasteiger partial charge is 0.490 e. The summed E-state index contributed by atoms with van der Waals surface area (Å²) in [6.07, 6.45) is -5.95. The number of carboxylic acid groups (broad SMARTS) is 2. The van der Waals surface area contributed by atoms with Gasteiger partial charge in [-0.3, -0.25) is 0 Å². The standard InChI is InChI=1S/C17H15ClFN3O5.C2HF3O2/c1-26-17(25)14-8-22(4-5-27-14)15-11(16(23)24)7-13(20-21-15)10-6-9(18)2-3-12(10)19;3-2(4,5)1(6)7/h2-3,6-7,14H,4-5,8H2,1H3,(H,23,24);(H,6,7). The number of morpholine rings is 1. The molecular formula is C19H16ClF4N3O7. The van der Waals surface area contributed by atoms with Crippen LogP contribution in [0, 0.1) is 5.82 Å². The van der Waals surface area contributed by atoms with Crippen molar-refractivity contribution in [3.05, 3.63) is 40.7 Å². The first-order valence-corrected chi connectivity index (χ1v) is 9.53. The fraction of sp³-hybridized carbons (Fsp3) is 0.316. The maximum Gasteiger partial charge on any atom is 0.490 e. The van der Waals surface area contributed by atoms with Gasteiger partial charge in [-0.25, -0.2) is 18.8 Å². The third-order valence-electron chi connectivity index (χ3n) is 4.28. The highest BCUT2D eigenvalue weighted by molar-refractivity contribution is 6.30. The normalized spacial score (nSPS) is 15.7. The zero-order chi connectivity index (χ0) is 25.6. The molecule has 1 saturated heterocycles. The van der Waals surface area contributed by atoms with E-state index in [2.05, 4.69) is 14.9 Å². The minimum absolute atomic E-state index is 0.0360. The summed E-state index contributed by atoms with van der Waals surface area (Å²) in [7, 11) is 1.24. The number of benzene rings is 1. The molecule has 15 heteroatoms. The van der Waals surface area contributed by atoms with E-state index in [9.17, 15) is 32.3 Å². The number of hydrogen-bond acceptors (Lipinski definition) is 8. The second-order valence-electron chi connectivity index (χ2n) is 6.53. The monoisotopic (exact) mass is 509 g/mol. The van der Waals surface area contributed by atoms with Gasteiger partial charge in [0.2, 0.25) is 0 Å². The van der Waals surface area contributed by atoms with Gasteiger partial charge in [-0.1, -0.05) is 11.6 Å². The van der Waals surface area contributed by atoms with Crippen LogP contribution in [0.2, 0.25) is 5.02 Å². The van der Waals surface area contributed by atoms with E-state index in [-0.39, 0.29) is 40.8 Å². The first kappa shape index (κ1) is 26.7. The second kappa shape index (κ2) is 11.1. The number of aromatic carboxylic acids is 1. The van der Waals surface area contributed by atoms with Crippen LogP contribution in [0.4, 0.5) is 23.4 Å². The molecule has 1 unspecified atom stereocenters. The molecule has 3 rings (SSSR count). The Kier molecular flexibility index (Phi) is 8.70. The van der Waals surface area contributed by atoms with Gasteiger partial charge in [-0.15, -0.1) is 10.2 Å². The van der Waals surface area contributed by atoms with Crippen LogP contribution in [0.3, 0.4) is 0 Å². The van der Waals surface area contributed by atoms with Gasteiger partial charge >= 0.3 is 24.1 Å². The maximum atomic E-state index is 14.1. The lowest BCUT2D eigenvalue weighted by molar-refractivity contribution is -0.192. The average molecular weight is 510 g/mol. The van der Waals surface area contributed by atoms with Crippen molar-refractivity contribution in [2.75, 3.05) is 31.7 Å². The summed E-state index contributed by atoms with van der Waals surface area (Å²) in [6.45, 7) is 0.561. The van der Waals surface area contributed by atoms with E-state index in [1.54, 1.807) is 4.90 Å². The molecule has 2 aromatic rings. The number of ether oxygens (including phenoxy) is 2. The molecule has 1 aromatic heterocycles. The van der Waals surface area contributed by atoms with Crippen molar-refractivity contribution in [2.24, 2.45) is 0 Å². The maximum absolute atomic E-state index is 14.1. The molecule has 1 fully saturated rings. The lowest BCUT2D eigenvalue weighted by Gasteiger charge is -2.32. The minimum Gasteiger partial charge on any atom is -0.478 e. The summed E-state index contributed by atoms with van der Waals surface area (Å²) in [5.74, 6) is -5.12. The van der Waals surface area contributed by atoms with E-state index >= 15 is 0 Å². The average Bonchev–Trinajstić information content (AvgIpc) is 2.79. The second-order valence-corrected chi connectivity index (χ2v) is 6.96. The lowest BCUT2D eigenvalue weighted by Crippen LogP contribution is -2.47. The van der Waals surface area contributed by atoms with Crippen molar-refractivity contribution >= 4 is 35.3 Å². The molecule has 1 aromatic carbocycles. The SMILES string of the molecule is COC(=O)C1CN(c2nnc(-c3cc(Cl)ccc3F)cc2C(=O)O)CCO1.O=C(O)C(F)(F)F. The van der Waals surface area contributed by atoms with E-state index in [4.69, 9.17) is 26.2 Å². The van der Waals surface area contributed by atoms with Crippen molar-refractivity contribution in [1.29, 1.82) is 0 Å². The summed E-state index contributed by atoms with van der Waals surface area (Å²) in [6, 6.07) is 5.11. The Hall–Kier alpha value is -3.52. The molecule has 2 N–H and O–H groups in total. The third kappa shape index (κ3) is 6.74. The fourth-order valence-corrected chi connectivity index (χ4v) is 2.89. The molecule has 1 aliphatic heterocycles. The van der Waals surface area contributed by atoms with Crippen molar-refractivity contribution in [1.82, 2.24) is 10.2 Å². The molecule has 184 valence electrons. The van der Waals surface area contributed by atoms with Crippen LogP contribution >= 0.6 is 11.6 Å². The summed E-state index contributed by atoms with van der Waals surface area (Å²) < 4.78 is 55.8. The predicted molar refractivity (Wildman–Crippen MR) is 107 cm³/mol. The van der Waals surface area contributed by atoms with Gasteiger partial charge < -0.3 is 24.6 Å². The quantitative estimate of drug-likeness (QED) is 0.467. The first-order valence-electron chi connectivity index (χ1n) is 9.16. The zero-order valence-corrected chi connectivity index (χ0v) is 17.9. The molecule has 0 spiro atoms. The van der Waals surface area contributed by atoms with E-state index in [0.29, 0.717) is 6.54 Å². The summed E-state index contributed by atoms with van der Waals surface area (Å²) >= 11 is 5.88. The number of alkyl halides is 3. The number of halogens is 5. The summed E-state index contributed by atoms with van der Waals surface area (Å²) in [4.78, 5) is 33.9. The lowest BCUT2D eigenvalue weighted by atomic mass is 10.1. The number of aliphatic carboxylic acids is 1. The van der Waals surface area contributed by atoms with E-state index < -0.39 is 36.0 Å². The predicted octanol–water partition coefficient (Wildman–Crippen LogP) is 2.65. The number of nitrogens with zero attached hydrogens (tertiary/aromatic N) is 3. The number of rotatable bonds is 4. The van der Waals surface area contributed by atoms with Gasteiger partial charge in [-0.2, -0.15) is 13.2 Å². The molecular weight excluding hydrogens is 494 g/mol. The number of anilines is 1. The van der Waals surface area contributed by atoms with Crippen LogP contribution in [0.5, 0.6) is 0 Å². The van der Waals surface area contributed by atoms with E-state index in [1.165, 1.54) is 25.3 Å². The van der Waals surface area contributed by atoms with Crippen LogP contribution in [0.25, 0.3) is 11.3 Å². The van der Waals surface area contributed by atoms with Crippen LogP contribution in [0.1, 0.15) is 10.4 Å².